The molecule has 0 radical (unpaired) electrons. The van der Waals surface area contributed by atoms with E-state index in [9.17, 15) is 0 Å². The number of benzene rings is 1. The van der Waals surface area contributed by atoms with Crippen molar-refractivity contribution in [2.24, 2.45) is 5.73 Å². The van der Waals surface area contributed by atoms with Gasteiger partial charge in [-0.3, -0.25) is 0 Å². The maximum absolute atomic E-state index is 5.88. The molecule has 0 fully saturated rings. The van der Waals surface area contributed by atoms with E-state index in [0.29, 0.717) is 5.88 Å². The van der Waals surface area contributed by atoms with Crippen LogP contribution in [0.4, 0.5) is 0 Å². The molecule has 0 saturated carbocycles. The van der Waals surface area contributed by atoms with Crippen molar-refractivity contribution in [1.82, 2.24) is 4.98 Å². The van der Waals surface area contributed by atoms with Gasteiger partial charge in [-0.2, -0.15) is 0 Å². The van der Waals surface area contributed by atoms with Crippen LogP contribution in [0.5, 0.6) is 11.6 Å². The van der Waals surface area contributed by atoms with Crippen molar-refractivity contribution >= 4 is 0 Å². The predicted octanol–water partition coefficient (Wildman–Crippen LogP) is 4.58. The van der Waals surface area contributed by atoms with Gasteiger partial charge in [0, 0.05) is 18.3 Å². The molecule has 0 aliphatic heterocycles. The van der Waals surface area contributed by atoms with Gasteiger partial charge in [-0.05, 0) is 48.1 Å². The Morgan fingerprint density at radius 1 is 1.19 bits per heavy atom. The minimum atomic E-state index is -0.0249. The molecule has 2 N–H and O–H groups in total. The maximum atomic E-state index is 5.88. The monoisotopic (exact) mass is 284 g/mol. The molecule has 2 aromatic rings. The maximum Gasteiger partial charge on any atom is 0.219 e. The van der Waals surface area contributed by atoms with Crippen molar-refractivity contribution in [2.75, 3.05) is 0 Å². The summed E-state index contributed by atoms with van der Waals surface area (Å²) in [6, 6.07) is 12.0. The molecule has 1 aromatic carbocycles. The van der Waals surface area contributed by atoms with Crippen LogP contribution in [0.2, 0.25) is 0 Å². The second-order valence-corrected chi connectivity index (χ2v) is 6.08. The molecular weight excluding hydrogens is 260 g/mol. The lowest BCUT2D eigenvalue weighted by Gasteiger charge is -2.23. The summed E-state index contributed by atoms with van der Waals surface area (Å²) < 4.78 is 5.80. The van der Waals surface area contributed by atoms with Crippen LogP contribution in [-0.4, -0.2) is 4.98 Å². The SMILES string of the molecule is CCC(C)(C)c1ccc(Oc2cc([C@H](C)N)ccn2)cc1. The fourth-order valence-electron chi connectivity index (χ4n) is 2.06. The minimum absolute atomic E-state index is 0.0249. The Balaban J connectivity index is 2.15. The Kier molecular flexibility index (Phi) is 4.63. The van der Waals surface area contributed by atoms with Crippen LogP contribution in [0.1, 0.15) is 51.3 Å². The van der Waals surface area contributed by atoms with Gasteiger partial charge in [0.1, 0.15) is 5.75 Å². The summed E-state index contributed by atoms with van der Waals surface area (Å²) in [5, 5.41) is 0. The molecule has 0 bridgehead atoms. The van der Waals surface area contributed by atoms with Crippen molar-refractivity contribution in [2.45, 2.75) is 45.6 Å². The highest BCUT2D eigenvalue weighted by molar-refractivity contribution is 5.34. The summed E-state index contributed by atoms with van der Waals surface area (Å²) in [4.78, 5) is 4.23. The molecule has 1 aromatic heterocycles. The Hall–Kier alpha value is -1.87. The van der Waals surface area contributed by atoms with E-state index in [2.05, 4.69) is 37.9 Å². The molecule has 0 unspecified atom stereocenters. The Morgan fingerprint density at radius 2 is 1.86 bits per heavy atom. The fraction of sp³-hybridized carbons (Fsp3) is 0.389. The number of nitrogens with two attached hydrogens (primary N) is 1. The molecule has 112 valence electrons. The van der Waals surface area contributed by atoms with Gasteiger partial charge in [0.2, 0.25) is 5.88 Å². The van der Waals surface area contributed by atoms with E-state index in [1.165, 1.54) is 5.56 Å². The molecule has 1 atom stereocenters. The van der Waals surface area contributed by atoms with Crippen molar-refractivity contribution in [3.8, 4) is 11.6 Å². The Labute approximate surface area is 127 Å². The van der Waals surface area contributed by atoms with Gasteiger partial charge in [-0.15, -0.1) is 0 Å². The lowest BCUT2D eigenvalue weighted by molar-refractivity contribution is 0.459. The molecule has 0 spiro atoms. The van der Waals surface area contributed by atoms with Crippen LogP contribution >= 0.6 is 0 Å². The minimum Gasteiger partial charge on any atom is -0.439 e. The van der Waals surface area contributed by atoms with Gasteiger partial charge in [-0.25, -0.2) is 4.98 Å². The second-order valence-electron chi connectivity index (χ2n) is 6.08. The molecule has 0 saturated heterocycles. The molecular formula is C18H24N2O. The number of hydrogen-bond donors (Lipinski definition) is 1. The van der Waals surface area contributed by atoms with Crippen molar-refractivity contribution in [3.63, 3.8) is 0 Å². The first kappa shape index (κ1) is 15.5. The second kappa shape index (κ2) is 6.27. The number of hydrogen-bond acceptors (Lipinski definition) is 3. The van der Waals surface area contributed by atoms with E-state index < -0.39 is 0 Å². The summed E-state index contributed by atoms with van der Waals surface area (Å²) in [7, 11) is 0. The number of aromatic nitrogens is 1. The zero-order valence-electron chi connectivity index (χ0n) is 13.3. The van der Waals surface area contributed by atoms with Gasteiger partial charge in [-0.1, -0.05) is 32.9 Å². The van der Waals surface area contributed by atoms with Crippen LogP contribution in [0.3, 0.4) is 0 Å². The largest absolute Gasteiger partial charge is 0.439 e. The van der Waals surface area contributed by atoms with Crippen LogP contribution in [0.25, 0.3) is 0 Å². The summed E-state index contributed by atoms with van der Waals surface area (Å²) in [6.45, 7) is 8.64. The van der Waals surface area contributed by atoms with Crippen LogP contribution in [0, 0.1) is 0 Å². The van der Waals surface area contributed by atoms with E-state index in [4.69, 9.17) is 10.5 Å². The Morgan fingerprint density at radius 3 is 2.43 bits per heavy atom. The smallest absolute Gasteiger partial charge is 0.219 e. The summed E-state index contributed by atoms with van der Waals surface area (Å²) in [6.07, 6.45) is 2.83. The Bertz CT molecular complexity index is 588. The number of ether oxygens (including phenoxy) is 1. The highest BCUT2D eigenvalue weighted by Crippen LogP contribution is 2.29. The molecule has 0 amide bonds. The first-order valence-electron chi connectivity index (χ1n) is 7.42. The van der Waals surface area contributed by atoms with Gasteiger partial charge < -0.3 is 10.5 Å². The summed E-state index contributed by atoms with van der Waals surface area (Å²) in [5.41, 5.74) is 8.39. The van der Waals surface area contributed by atoms with Gasteiger partial charge in [0.25, 0.3) is 0 Å². The lowest BCUT2D eigenvalue weighted by Crippen LogP contribution is -2.14. The molecule has 21 heavy (non-hydrogen) atoms. The third kappa shape index (κ3) is 3.82. The average molecular weight is 284 g/mol. The fourth-order valence-corrected chi connectivity index (χ4v) is 2.06. The quantitative estimate of drug-likeness (QED) is 0.874. The molecule has 3 heteroatoms. The normalized spacial score (nSPS) is 13.0. The highest BCUT2D eigenvalue weighted by Gasteiger charge is 2.17. The average Bonchev–Trinajstić information content (AvgIpc) is 2.48. The van der Waals surface area contributed by atoms with E-state index in [1.807, 2.05) is 31.2 Å². The van der Waals surface area contributed by atoms with Gasteiger partial charge in [0.15, 0.2) is 0 Å². The molecule has 0 aliphatic rings. The van der Waals surface area contributed by atoms with Crippen LogP contribution in [-0.2, 0) is 5.41 Å². The third-order valence-corrected chi connectivity index (χ3v) is 4.03. The number of pyridine rings is 1. The first-order valence-corrected chi connectivity index (χ1v) is 7.42. The summed E-state index contributed by atoms with van der Waals surface area (Å²) >= 11 is 0. The van der Waals surface area contributed by atoms with Gasteiger partial charge >= 0.3 is 0 Å². The van der Waals surface area contributed by atoms with Gasteiger partial charge in [0.05, 0.1) is 0 Å². The molecule has 3 nitrogen and oxygen atoms in total. The highest BCUT2D eigenvalue weighted by atomic mass is 16.5. The molecule has 1 heterocycles. The lowest BCUT2D eigenvalue weighted by atomic mass is 9.82. The zero-order chi connectivity index (χ0) is 15.5. The van der Waals surface area contributed by atoms with Crippen molar-refractivity contribution in [1.29, 1.82) is 0 Å². The van der Waals surface area contributed by atoms with Crippen LogP contribution < -0.4 is 10.5 Å². The first-order chi connectivity index (χ1) is 9.92. The van der Waals surface area contributed by atoms with E-state index >= 15 is 0 Å². The number of nitrogens with zero attached hydrogens (tertiary/aromatic N) is 1. The molecule has 0 aliphatic carbocycles. The third-order valence-electron chi connectivity index (χ3n) is 4.03. The molecule has 2 rings (SSSR count). The predicted molar refractivity (Wildman–Crippen MR) is 86.7 cm³/mol. The zero-order valence-corrected chi connectivity index (χ0v) is 13.3. The standard InChI is InChI=1S/C18H24N2O/c1-5-18(3,4)15-6-8-16(9-7-15)21-17-12-14(13(2)19)10-11-20-17/h6-13H,5,19H2,1-4H3/t13-/m0/s1. The number of rotatable bonds is 5. The van der Waals surface area contributed by atoms with E-state index in [1.54, 1.807) is 6.20 Å². The van der Waals surface area contributed by atoms with Crippen molar-refractivity contribution < 1.29 is 4.74 Å². The van der Waals surface area contributed by atoms with Crippen LogP contribution in [0.15, 0.2) is 42.6 Å². The van der Waals surface area contributed by atoms with E-state index in [0.717, 1.165) is 17.7 Å². The summed E-state index contributed by atoms with van der Waals surface area (Å²) in [5.74, 6) is 1.37. The van der Waals surface area contributed by atoms with E-state index in [-0.39, 0.29) is 11.5 Å². The van der Waals surface area contributed by atoms with Crippen molar-refractivity contribution in [3.05, 3.63) is 53.7 Å². The topological polar surface area (TPSA) is 48.1 Å².